The minimum absolute atomic E-state index is 0.472. The lowest BCUT2D eigenvalue weighted by atomic mass is 10.3. The molecule has 0 fully saturated rings. The predicted molar refractivity (Wildman–Crippen MR) is 59.8 cm³/mol. The SMILES string of the molecule is CCCCN(C#N)c1nccn1N(C)C#N. The second-order valence-corrected chi connectivity index (χ2v) is 3.30. The van der Waals surface area contributed by atoms with Crippen LogP contribution in [0.5, 0.6) is 0 Å². The van der Waals surface area contributed by atoms with Gasteiger partial charge >= 0.3 is 0 Å². The first kappa shape index (κ1) is 11.9. The molecule has 1 aromatic heterocycles. The largest absolute Gasteiger partial charge is 0.247 e. The average molecular weight is 218 g/mol. The highest BCUT2D eigenvalue weighted by atomic mass is 15.6. The van der Waals surface area contributed by atoms with Gasteiger partial charge in [0.1, 0.15) is 0 Å². The monoisotopic (exact) mass is 218 g/mol. The molecule has 0 aliphatic heterocycles. The second kappa shape index (κ2) is 5.62. The fourth-order valence-electron chi connectivity index (χ4n) is 1.28. The van der Waals surface area contributed by atoms with E-state index in [2.05, 4.69) is 18.1 Å². The first-order chi connectivity index (χ1) is 7.74. The maximum atomic E-state index is 9.02. The van der Waals surface area contributed by atoms with Crippen molar-refractivity contribution in [1.82, 2.24) is 9.66 Å². The van der Waals surface area contributed by atoms with Gasteiger partial charge in [-0.05, 0) is 6.42 Å². The van der Waals surface area contributed by atoms with Crippen LogP contribution in [0.4, 0.5) is 5.95 Å². The number of anilines is 1. The van der Waals surface area contributed by atoms with Gasteiger partial charge in [-0.2, -0.15) is 10.5 Å². The molecule has 1 aromatic rings. The Morgan fingerprint density at radius 1 is 1.44 bits per heavy atom. The average Bonchev–Trinajstić information content (AvgIpc) is 2.78. The van der Waals surface area contributed by atoms with E-state index in [-0.39, 0.29) is 0 Å². The van der Waals surface area contributed by atoms with Crippen LogP contribution in [-0.2, 0) is 0 Å². The van der Waals surface area contributed by atoms with E-state index in [0.29, 0.717) is 12.5 Å². The van der Waals surface area contributed by atoms with Crippen molar-refractivity contribution in [3.63, 3.8) is 0 Å². The van der Waals surface area contributed by atoms with E-state index in [0.717, 1.165) is 12.8 Å². The van der Waals surface area contributed by atoms with E-state index in [9.17, 15) is 0 Å². The van der Waals surface area contributed by atoms with Crippen LogP contribution in [0.25, 0.3) is 0 Å². The van der Waals surface area contributed by atoms with Crippen molar-refractivity contribution in [3.05, 3.63) is 12.4 Å². The summed E-state index contributed by atoms with van der Waals surface area (Å²) in [5, 5.41) is 19.1. The first-order valence-electron chi connectivity index (χ1n) is 5.09. The van der Waals surface area contributed by atoms with E-state index in [1.165, 1.54) is 9.91 Å². The van der Waals surface area contributed by atoms with Crippen LogP contribution in [0, 0.1) is 22.9 Å². The predicted octanol–water partition coefficient (Wildman–Crippen LogP) is 1.02. The molecule has 0 saturated carbocycles. The van der Waals surface area contributed by atoms with Crippen LogP contribution < -0.4 is 9.91 Å². The van der Waals surface area contributed by atoms with Crippen molar-refractivity contribution in [3.8, 4) is 12.4 Å². The van der Waals surface area contributed by atoms with Gasteiger partial charge in [0.05, 0.1) is 0 Å². The molecule has 0 spiro atoms. The Bertz CT molecular complexity index is 410. The van der Waals surface area contributed by atoms with Crippen molar-refractivity contribution < 1.29 is 0 Å². The number of hydrogen-bond donors (Lipinski definition) is 0. The zero-order valence-corrected chi connectivity index (χ0v) is 9.46. The van der Waals surface area contributed by atoms with Gasteiger partial charge < -0.3 is 0 Å². The summed E-state index contributed by atoms with van der Waals surface area (Å²) in [5.41, 5.74) is 0. The minimum atomic E-state index is 0.472. The molecular weight excluding hydrogens is 204 g/mol. The van der Waals surface area contributed by atoms with Crippen molar-refractivity contribution in [2.45, 2.75) is 19.8 Å². The van der Waals surface area contributed by atoms with Gasteiger partial charge in [-0.3, -0.25) is 0 Å². The van der Waals surface area contributed by atoms with Crippen LogP contribution >= 0.6 is 0 Å². The Hall–Kier alpha value is -2.21. The fraction of sp³-hybridized carbons (Fsp3) is 0.500. The highest BCUT2D eigenvalue weighted by Gasteiger charge is 2.13. The molecule has 0 amide bonds. The summed E-state index contributed by atoms with van der Waals surface area (Å²) >= 11 is 0. The molecule has 0 unspecified atom stereocenters. The quantitative estimate of drug-likeness (QED) is 0.545. The normalized spacial score (nSPS) is 9.25. The van der Waals surface area contributed by atoms with Gasteiger partial charge in [-0.15, -0.1) is 0 Å². The third-order valence-electron chi connectivity index (χ3n) is 2.17. The standard InChI is InChI=1S/C10H14N6/c1-3-4-6-15(9-12)10-13-5-7-16(10)14(2)8-11/h5,7H,3-4,6H2,1-2H3. The Kier molecular flexibility index (Phi) is 4.16. The summed E-state index contributed by atoms with van der Waals surface area (Å²) < 4.78 is 1.54. The van der Waals surface area contributed by atoms with Gasteiger partial charge in [0, 0.05) is 26.0 Å². The molecule has 84 valence electrons. The zero-order valence-electron chi connectivity index (χ0n) is 9.46. The number of rotatable bonds is 5. The summed E-state index contributed by atoms with van der Waals surface area (Å²) in [7, 11) is 1.61. The molecule has 1 rings (SSSR count). The van der Waals surface area contributed by atoms with Gasteiger partial charge in [-0.25, -0.2) is 19.6 Å². The number of nitrogens with zero attached hydrogens (tertiary/aromatic N) is 6. The van der Waals surface area contributed by atoms with Crippen molar-refractivity contribution >= 4 is 5.95 Å². The van der Waals surface area contributed by atoms with E-state index >= 15 is 0 Å². The lowest BCUT2D eigenvalue weighted by Crippen LogP contribution is -2.30. The first-order valence-corrected chi connectivity index (χ1v) is 5.09. The number of aromatic nitrogens is 2. The lowest BCUT2D eigenvalue weighted by molar-refractivity contribution is 0.721. The molecule has 1 heterocycles. The highest BCUT2D eigenvalue weighted by molar-refractivity contribution is 5.38. The molecule has 0 aromatic carbocycles. The number of imidazole rings is 1. The molecule has 0 aliphatic carbocycles. The summed E-state index contributed by atoms with van der Waals surface area (Å²) in [6.07, 6.45) is 9.17. The number of hydrogen-bond acceptors (Lipinski definition) is 5. The molecular formula is C10H14N6. The molecule has 16 heavy (non-hydrogen) atoms. The Labute approximate surface area is 94.9 Å². The van der Waals surface area contributed by atoms with Crippen molar-refractivity contribution in [1.29, 1.82) is 10.5 Å². The molecule has 0 aliphatic rings. The molecule has 0 saturated heterocycles. The van der Waals surface area contributed by atoms with Gasteiger partial charge in [0.15, 0.2) is 12.4 Å². The van der Waals surface area contributed by atoms with Gasteiger partial charge in [0.2, 0.25) is 5.95 Å². The van der Waals surface area contributed by atoms with Crippen LogP contribution in [0.2, 0.25) is 0 Å². The van der Waals surface area contributed by atoms with E-state index in [1.54, 1.807) is 24.1 Å². The number of nitriles is 2. The Morgan fingerprint density at radius 3 is 2.75 bits per heavy atom. The summed E-state index contributed by atoms with van der Waals surface area (Å²) in [5.74, 6) is 0.472. The summed E-state index contributed by atoms with van der Waals surface area (Å²) in [6, 6.07) is 0. The maximum absolute atomic E-state index is 9.02. The van der Waals surface area contributed by atoms with Crippen LogP contribution in [0.1, 0.15) is 19.8 Å². The molecule has 0 N–H and O–H groups in total. The van der Waals surface area contributed by atoms with Crippen LogP contribution in [0.15, 0.2) is 12.4 Å². The zero-order chi connectivity index (χ0) is 12.0. The second-order valence-electron chi connectivity index (χ2n) is 3.30. The smallest absolute Gasteiger partial charge is 0.238 e. The fourth-order valence-corrected chi connectivity index (χ4v) is 1.28. The van der Waals surface area contributed by atoms with E-state index in [1.807, 2.05) is 6.19 Å². The van der Waals surface area contributed by atoms with Crippen molar-refractivity contribution in [2.24, 2.45) is 0 Å². The van der Waals surface area contributed by atoms with Crippen LogP contribution in [0.3, 0.4) is 0 Å². The molecule has 0 radical (unpaired) electrons. The van der Waals surface area contributed by atoms with Gasteiger partial charge in [0.25, 0.3) is 0 Å². The molecule has 6 nitrogen and oxygen atoms in total. The summed E-state index contributed by atoms with van der Waals surface area (Å²) in [4.78, 5) is 5.57. The third-order valence-corrected chi connectivity index (χ3v) is 2.17. The van der Waals surface area contributed by atoms with Crippen molar-refractivity contribution in [2.75, 3.05) is 23.5 Å². The summed E-state index contributed by atoms with van der Waals surface area (Å²) in [6.45, 7) is 2.67. The Balaban J connectivity index is 2.90. The molecule has 6 heteroatoms. The minimum Gasteiger partial charge on any atom is -0.247 e. The topological polar surface area (TPSA) is 71.9 Å². The van der Waals surface area contributed by atoms with E-state index in [4.69, 9.17) is 10.5 Å². The number of unbranched alkanes of at least 4 members (excludes halogenated alkanes) is 1. The third kappa shape index (κ3) is 2.43. The Morgan fingerprint density at radius 2 is 2.19 bits per heavy atom. The lowest BCUT2D eigenvalue weighted by Gasteiger charge is -2.18. The van der Waals surface area contributed by atoms with Crippen LogP contribution in [-0.4, -0.2) is 23.3 Å². The molecule has 0 atom stereocenters. The highest BCUT2D eigenvalue weighted by Crippen LogP contribution is 2.11. The maximum Gasteiger partial charge on any atom is 0.238 e. The van der Waals surface area contributed by atoms with Gasteiger partial charge in [-0.1, -0.05) is 13.3 Å². The van der Waals surface area contributed by atoms with E-state index < -0.39 is 0 Å². The molecule has 0 bridgehead atoms.